The Kier molecular flexibility index (Phi) is 6.04. The fourth-order valence-electron chi connectivity index (χ4n) is 4.12. The molecule has 8 heteroatoms. The molecule has 1 aliphatic heterocycles. The van der Waals surface area contributed by atoms with Crippen LogP contribution < -0.4 is 10.2 Å². The molecule has 1 amide bonds. The quantitative estimate of drug-likeness (QED) is 0.416. The molecule has 0 atom stereocenters. The predicted molar refractivity (Wildman–Crippen MR) is 131 cm³/mol. The molecule has 0 bridgehead atoms. The third-order valence-corrected chi connectivity index (χ3v) is 6.35. The molecule has 34 heavy (non-hydrogen) atoms. The standard InChI is InChI=1S/C26H23ClN4O3/c27-20-8-6-18(7-9-20)23-16-22(30-34-23)25(32)29-21-10-11-24(28-17-21)31-14-12-26(33,13-15-31)19-4-2-1-3-5-19/h1-11,16-17,33H,12-15H2,(H,29,32). The molecule has 5 rings (SSSR count). The summed E-state index contributed by atoms with van der Waals surface area (Å²) < 4.78 is 5.30. The van der Waals surface area contributed by atoms with Gasteiger partial charge in [0.1, 0.15) is 5.82 Å². The van der Waals surface area contributed by atoms with E-state index in [1.54, 1.807) is 42.6 Å². The van der Waals surface area contributed by atoms with Crippen molar-refractivity contribution in [3.63, 3.8) is 0 Å². The molecule has 0 saturated carbocycles. The number of amides is 1. The number of benzene rings is 2. The van der Waals surface area contributed by atoms with Crippen molar-refractivity contribution >= 4 is 29.0 Å². The average Bonchev–Trinajstić information content (AvgIpc) is 3.37. The van der Waals surface area contributed by atoms with Crippen LogP contribution in [0, 0.1) is 0 Å². The highest BCUT2D eigenvalue weighted by Gasteiger charge is 2.34. The second-order valence-corrected chi connectivity index (χ2v) is 8.76. The highest BCUT2D eigenvalue weighted by atomic mass is 35.5. The van der Waals surface area contributed by atoms with Crippen LogP contribution in [0.25, 0.3) is 11.3 Å². The van der Waals surface area contributed by atoms with Gasteiger partial charge in [-0.25, -0.2) is 4.98 Å². The normalized spacial score (nSPS) is 15.2. The molecule has 1 saturated heterocycles. The number of hydrogen-bond acceptors (Lipinski definition) is 6. The van der Waals surface area contributed by atoms with E-state index >= 15 is 0 Å². The summed E-state index contributed by atoms with van der Waals surface area (Å²) in [6.07, 6.45) is 2.87. The first-order valence-corrected chi connectivity index (χ1v) is 11.4. The van der Waals surface area contributed by atoms with E-state index in [1.165, 1.54) is 0 Å². The van der Waals surface area contributed by atoms with Crippen LogP contribution >= 0.6 is 11.6 Å². The summed E-state index contributed by atoms with van der Waals surface area (Å²) >= 11 is 5.91. The van der Waals surface area contributed by atoms with Crippen LogP contribution in [0.5, 0.6) is 0 Å². The average molecular weight is 475 g/mol. The third kappa shape index (κ3) is 4.66. The van der Waals surface area contributed by atoms with E-state index in [9.17, 15) is 9.90 Å². The highest BCUT2D eigenvalue weighted by molar-refractivity contribution is 6.30. The van der Waals surface area contributed by atoms with Gasteiger partial charge in [-0.3, -0.25) is 4.79 Å². The lowest BCUT2D eigenvalue weighted by atomic mass is 9.84. The zero-order valence-electron chi connectivity index (χ0n) is 18.3. The number of aliphatic hydroxyl groups is 1. The Morgan fingerprint density at radius 1 is 1.03 bits per heavy atom. The molecule has 7 nitrogen and oxygen atoms in total. The van der Waals surface area contributed by atoms with Crippen molar-refractivity contribution in [1.29, 1.82) is 0 Å². The molecule has 0 unspecified atom stereocenters. The van der Waals surface area contributed by atoms with Gasteiger partial charge in [0.2, 0.25) is 0 Å². The fraction of sp³-hybridized carbons (Fsp3) is 0.192. The van der Waals surface area contributed by atoms with Gasteiger partial charge in [0, 0.05) is 29.7 Å². The van der Waals surface area contributed by atoms with Crippen molar-refractivity contribution in [3.8, 4) is 11.3 Å². The number of carbonyl (C=O) groups is 1. The molecular weight excluding hydrogens is 452 g/mol. The van der Waals surface area contributed by atoms with Crippen LogP contribution in [-0.2, 0) is 5.60 Å². The minimum absolute atomic E-state index is 0.172. The summed E-state index contributed by atoms with van der Waals surface area (Å²) in [5.74, 6) is 0.903. The first-order valence-electron chi connectivity index (χ1n) is 11.0. The first-order chi connectivity index (χ1) is 16.5. The van der Waals surface area contributed by atoms with Gasteiger partial charge >= 0.3 is 0 Å². The molecule has 0 radical (unpaired) electrons. The monoisotopic (exact) mass is 474 g/mol. The van der Waals surface area contributed by atoms with Crippen molar-refractivity contribution < 1.29 is 14.4 Å². The Labute approximate surface area is 202 Å². The number of aromatic nitrogens is 2. The van der Waals surface area contributed by atoms with Gasteiger partial charge in [-0.05, 0) is 54.8 Å². The van der Waals surface area contributed by atoms with Crippen LogP contribution in [0.15, 0.2) is 83.5 Å². The van der Waals surface area contributed by atoms with Crippen LogP contribution in [-0.4, -0.2) is 34.2 Å². The molecule has 4 aromatic rings. The minimum atomic E-state index is -0.811. The molecule has 3 heterocycles. The maximum atomic E-state index is 12.6. The number of carbonyl (C=O) groups excluding carboxylic acids is 1. The largest absolute Gasteiger partial charge is 0.385 e. The van der Waals surface area contributed by atoms with Gasteiger partial charge < -0.3 is 19.8 Å². The highest BCUT2D eigenvalue weighted by Crippen LogP contribution is 2.34. The van der Waals surface area contributed by atoms with Crippen molar-refractivity contribution in [3.05, 3.63) is 95.3 Å². The number of nitrogens with zero attached hydrogens (tertiary/aromatic N) is 3. The second kappa shape index (κ2) is 9.29. The van der Waals surface area contributed by atoms with Crippen LogP contribution in [0.2, 0.25) is 5.02 Å². The maximum Gasteiger partial charge on any atom is 0.277 e. The third-order valence-electron chi connectivity index (χ3n) is 6.10. The molecular formula is C26H23ClN4O3. The lowest BCUT2D eigenvalue weighted by Gasteiger charge is -2.39. The summed E-state index contributed by atoms with van der Waals surface area (Å²) in [7, 11) is 0. The molecule has 172 valence electrons. The van der Waals surface area contributed by atoms with Crippen LogP contribution in [0.3, 0.4) is 0 Å². The molecule has 2 aromatic heterocycles. The summed E-state index contributed by atoms with van der Waals surface area (Å²) in [6, 6.07) is 22.1. The number of halogens is 1. The molecule has 1 fully saturated rings. The maximum absolute atomic E-state index is 12.6. The van der Waals surface area contributed by atoms with Gasteiger partial charge in [0.15, 0.2) is 11.5 Å². The fourth-order valence-corrected chi connectivity index (χ4v) is 4.24. The van der Waals surface area contributed by atoms with Gasteiger partial charge in [-0.15, -0.1) is 0 Å². The van der Waals surface area contributed by atoms with Gasteiger partial charge in [0.25, 0.3) is 5.91 Å². The van der Waals surface area contributed by atoms with Gasteiger partial charge in [0.05, 0.1) is 17.5 Å². The summed E-state index contributed by atoms with van der Waals surface area (Å²) in [5.41, 5.74) is 1.65. The number of pyridine rings is 1. The number of piperidine rings is 1. The van der Waals surface area contributed by atoms with Crippen molar-refractivity contribution in [1.82, 2.24) is 10.1 Å². The summed E-state index contributed by atoms with van der Waals surface area (Å²) in [5, 5.41) is 18.3. The van der Waals surface area contributed by atoms with Crippen LogP contribution in [0.1, 0.15) is 28.9 Å². The minimum Gasteiger partial charge on any atom is -0.385 e. The number of nitrogens with one attached hydrogen (secondary N) is 1. The summed E-state index contributed by atoms with van der Waals surface area (Å²) in [4.78, 5) is 19.2. The second-order valence-electron chi connectivity index (χ2n) is 8.33. The SMILES string of the molecule is O=C(Nc1ccc(N2CCC(O)(c3ccccc3)CC2)nc1)c1cc(-c2ccc(Cl)cc2)on1. The number of hydrogen-bond donors (Lipinski definition) is 2. The molecule has 2 N–H and O–H groups in total. The van der Waals surface area contributed by atoms with E-state index < -0.39 is 5.60 Å². The van der Waals surface area contributed by atoms with E-state index in [0.29, 0.717) is 42.4 Å². The van der Waals surface area contributed by atoms with E-state index in [2.05, 4.69) is 20.4 Å². The van der Waals surface area contributed by atoms with E-state index in [-0.39, 0.29) is 11.6 Å². The molecule has 2 aromatic carbocycles. The topological polar surface area (TPSA) is 91.5 Å². The zero-order chi connectivity index (χ0) is 23.5. The van der Waals surface area contributed by atoms with Crippen molar-refractivity contribution in [2.24, 2.45) is 0 Å². The Bertz CT molecular complexity index is 1270. The Hall–Kier alpha value is -3.68. The Morgan fingerprint density at radius 3 is 2.44 bits per heavy atom. The predicted octanol–water partition coefficient (Wildman–Crippen LogP) is 5.13. The van der Waals surface area contributed by atoms with Gasteiger partial charge in [-0.2, -0.15) is 0 Å². The summed E-state index contributed by atoms with van der Waals surface area (Å²) in [6.45, 7) is 1.38. The van der Waals surface area contributed by atoms with Crippen molar-refractivity contribution in [2.75, 3.05) is 23.3 Å². The smallest absolute Gasteiger partial charge is 0.277 e. The van der Waals surface area contributed by atoms with E-state index in [0.717, 1.165) is 16.9 Å². The Balaban J connectivity index is 1.20. The molecule has 0 spiro atoms. The number of rotatable bonds is 5. The van der Waals surface area contributed by atoms with Crippen LogP contribution in [0.4, 0.5) is 11.5 Å². The lowest BCUT2D eigenvalue weighted by Crippen LogP contribution is -2.42. The zero-order valence-corrected chi connectivity index (χ0v) is 19.1. The van der Waals surface area contributed by atoms with E-state index in [1.807, 2.05) is 36.4 Å². The van der Waals surface area contributed by atoms with Crippen molar-refractivity contribution in [2.45, 2.75) is 18.4 Å². The van der Waals surface area contributed by atoms with E-state index in [4.69, 9.17) is 16.1 Å². The Morgan fingerprint density at radius 2 is 1.76 bits per heavy atom. The molecule has 0 aliphatic carbocycles. The van der Waals surface area contributed by atoms with Gasteiger partial charge in [-0.1, -0.05) is 47.1 Å². The lowest BCUT2D eigenvalue weighted by molar-refractivity contribution is 0.0116. The number of anilines is 2. The molecule has 1 aliphatic rings. The first kappa shape index (κ1) is 22.1.